The molecule has 0 aliphatic carbocycles. The highest BCUT2D eigenvalue weighted by atomic mass is 35.5. The molecule has 0 spiro atoms. The van der Waals surface area contributed by atoms with Crippen LogP contribution in [0, 0.1) is 0 Å². The van der Waals surface area contributed by atoms with Gasteiger partial charge >= 0.3 is 12.1 Å². The van der Waals surface area contributed by atoms with E-state index in [0.29, 0.717) is 0 Å². The molecule has 0 aliphatic rings. The van der Waals surface area contributed by atoms with Crippen LogP contribution in [0.4, 0.5) is 13.2 Å². The summed E-state index contributed by atoms with van der Waals surface area (Å²) >= 11 is 6.15. The Morgan fingerprint density at radius 3 is 2.32 bits per heavy atom. The van der Waals surface area contributed by atoms with Crippen molar-refractivity contribution in [1.29, 1.82) is 0 Å². The smallest absolute Gasteiger partial charge is 0.416 e. The van der Waals surface area contributed by atoms with Crippen molar-refractivity contribution < 1.29 is 36.2 Å². The lowest BCUT2D eigenvalue weighted by Crippen LogP contribution is -2.23. The predicted molar refractivity (Wildman–Crippen MR) is 97.3 cm³/mol. The number of aliphatic carboxylic acids is 1. The van der Waals surface area contributed by atoms with Crippen molar-refractivity contribution in [3.63, 3.8) is 0 Å². The van der Waals surface area contributed by atoms with Crippen LogP contribution in [0.25, 0.3) is 11.1 Å². The summed E-state index contributed by atoms with van der Waals surface area (Å²) in [7, 11) is -3.56. The summed E-state index contributed by atoms with van der Waals surface area (Å²) in [6.45, 7) is 2.67. The van der Waals surface area contributed by atoms with Gasteiger partial charge in [0.05, 0.1) is 16.2 Å². The first kappa shape index (κ1) is 22.0. The molecule has 0 saturated carbocycles. The van der Waals surface area contributed by atoms with Crippen LogP contribution in [-0.4, -0.2) is 31.4 Å². The second-order valence-electron chi connectivity index (χ2n) is 5.85. The quantitative estimate of drug-likeness (QED) is 0.711. The molecule has 152 valence electrons. The molecular weight excluding hydrogens is 421 g/mol. The van der Waals surface area contributed by atoms with Crippen molar-refractivity contribution in [3.05, 3.63) is 47.0 Å². The average Bonchev–Trinajstić information content (AvgIpc) is 2.61. The zero-order valence-electron chi connectivity index (χ0n) is 14.7. The SMILES string of the molecule is CCS(=O)(=O)c1ccc(-c2cc(C(F)(F)F)ccc2O[C@H](C)C(=O)O)c(Cl)c1. The summed E-state index contributed by atoms with van der Waals surface area (Å²) in [5, 5.41) is 8.89. The highest BCUT2D eigenvalue weighted by molar-refractivity contribution is 7.91. The summed E-state index contributed by atoms with van der Waals surface area (Å²) in [5.41, 5.74) is -1.01. The number of halogens is 4. The molecule has 0 radical (unpaired) electrons. The molecule has 5 nitrogen and oxygen atoms in total. The van der Waals surface area contributed by atoms with Crippen LogP contribution in [0.15, 0.2) is 41.3 Å². The maximum absolute atomic E-state index is 13.1. The van der Waals surface area contributed by atoms with E-state index in [4.69, 9.17) is 21.4 Å². The van der Waals surface area contributed by atoms with Gasteiger partial charge in [0.15, 0.2) is 15.9 Å². The maximum Gasteiger partial charge on any atom is 0.416 e. The Hall–Kier alpha value is -2.26. The molecule has 10 heteroatoms. The Morgan fingerprint density at radius 1 is 1.18 bits per heavy atom. The number of alkyl halides is 3. The van der Waals surface area contributed by atoms with Crippen molar-refractivity contribution in [2.45, 2.75) is 31.0 Å². The first-order valence-corrected chi connectivity index (χ1v) is 10.0. The van der Waals surface area contributed by atoms with E-state index in [1.165, 1.54) is 26.0 Å². The van der Waals surface area contributed by atoms with Crippen molar-refractivity contribution in [3.8, 4) is 16.9 Å². The number of sulfone groups is 1. The molecular formula is C18H16ClF3O5S. The van der Waals surface area contributed by atoms with Crippen molar-refractivity contribution in [2.24, 2.45) is 0 Å². The highest BCUT2D eigenvalue weighted by Crippen LogP contribution is 2.40. The molecule has 0 aromatic heterocycles. The molecule has 0 saturated heterocycles. The van der Waals surface area contributed by atoms with Gasteiger partial charge in [0.1, 0.15) is 5.75 Å². The molecule has 0 heterocycles. The minimum Gasteiger partial charge on any atom is -0.479 e. The highest BCUT2D eigenvalue weighted by Gasteiger charge is 2.32. The van der Waals surface area contributed by atoms with Gasteiger partial charge in [-0.15, -0.1) is 0 Å². The number of hydrogen-bond acceptors (Lipinski definition) is 4. The monoisotopic (exact) mass is 436 g/mol. The van der Waals surface area contributed by atoms with Gasteiger partial charge in [-0.25, -0.2) is 13.2 Å². The normalized spacial score (nSPS) is 13.2. The molecule has 1 atom stereocenters. The molecule has 0 fully saturated rings. The standard InChI is InChI=1S/C18H16ClF3O5S/c1-3-28(25,26)12-5-6-13(15(19)9-12)14-8-11(18(20,21)22)4-7-16(14)27-10(2)17(23)24/h4-10H,3H2,1-2H3,(H,23,24)/t10-/m1/s1. The molecule has 2 rings (SSSR count). The van der Waals surface area contributed by atoms with Gasteiger partial charge in [-0.2, -0.15) is 13.2 Å². The molecule has 0 amide bonds. The number of rotatable bonds is 6. The number of carboxylic acid groups (broad SMARTS) is 1. The first-order valence-electron chi connectivity index (χ1n) is 8.00. The fourth-order valence-electron chi connectivity index (χ4n) is 2.33. The van der Waals surface area contributed by atoms with Gasteiger partial charge in [-0.05, 0) is 37.3 Å². The third-order valence-corrected chi connectivity index (χ3v) is 5.97. The average molecular weight is 437 g/mol. The number of carboxylic acids is 1. The van der Waals surface area contributed by atoms with Gasteiger partial charge in [0, 0.05) is 16.1 Å². The van der Waals surface area contributed by atoms with E-state index in [9.17, 15) is 26.4 Å². The summed E-state index contributed by atoms with van der Waals surface area (Å²) in [5.74, 6) is -1.60. The Kier molecular flexibility index (Phi) is 6.30. The topological polar surface area (TPSA) is 80.7 Å². The van der Waals surface area contributed by atoms with Gasteiger partial charge in [-0.1, -0.05) is 24.6 Å². The summed E-state index contributed by atoms with van der Waals surface area (Å²) < 4.78 is 68.6. The van der Waals surface area contributed by atoms with Crippen LogP contribution in [0.3, 0.4) is 0 Å². The second kappa shape index (κ2) is 8.00. The van der Waals surface area contributed by atoms with E-state index in [-0.39, 0.29) is 32.5 Å². The van der Waals surface area contributed by atoms with Gasteiger partial charge in [0.25, 0.3) is 0 Å². The fourth-order valence-corrected chi connectivity index (χ4v) is 3.59. The van der Waals surface area contributed by atoms with E-state index in [2.05, 4.69) is 0 Å². The third kappa shape index (κ3) is 4.77. The summed E-state index contributed by atoms with van der Waals surface area (Å²) in [6, 6.07) is 6.17. The predicted octanol–water partition coefficient (Wildman–Crippen LogP) is 4.67. The lowest BCUT2D eigenvalue weighted by molar-refractivity contribution is -0.144. The zero-order chi connectivity index (χ0) is 21.3. The van der Waals surface area contributed by atoms with Crippen molar-refractivity contribution >= 4 is 27.4 Å². The van der Waals surface area contributed by atoms with E-state index in [0.717, 1.165) is 24.3 Å². The second-order valence-corrected chi connectivity index (χ2v) is 8.54. The first-order chi connectivity index (χ1) is 12.9. The molecule has 1 N–H and O–H groups in total. The Balaban J connectivity index is 2.65. The van der Waals surface area contributed by atoms with E-state index in [1.807, 2.05) is 0 Å². The van der Waals surface area contributed by atoms with Crippen LogP contribution in [0.5, 0.6) is 5.75 Å². The largest absolute Gasteiger partial charge is 0.479 e. The van der Waals surface area contributed by atoms with Gasteiger partial charge < -0.3 is 9.84 Å². The number of benzene rings is 2. The van der Waals surface area contributed by atoms with Crippen LogP contribution >= 0.6 is 11.6 Å². The van der Waals surface area contributed by atoms with Gasteiger partial charge in [-0.3, -0.25) is 0 Å². The number of carbonyl (C=O) groups is 1. The summed E-state index contributed by atoms with van der Waals surface area (Å²) in [4.78, 5) is 11.0. The molecule has 0 bridgehead atoms. The van der Waals surface area contributed by atoms with E-state index in [1.54, 1.807) is 0 Å². The number of hydrogen-bond donors (Lipinski definition) is 1. The van der Waals surface area contributed by atoms with Crippen LogP contribution in [-0.2, 0) is 20.8 Å². The third-order valence-electron chi connectivity index (χ3n) is 3.93. The Bertz CT molecular complexity index is 1000. The Labute approximate surface area is 164 Å². The minimum absolute atomic E-state index is 0.0721. The van der Waals surface area contributed by atoms with Crippen molar-refractivity contribution in [1.82, 2.24) is 0 Å². The zero-order valence-corrected chi connectivity index (χ0v) is 16.3. The lowest BCUT2D eigenvalue weighted by Gasteiger charge is -2.18. The van der Waals surface area contributed by atoms with E-state index < -0.39 is 33.7 Å². The maximum atomic E-state index is 13.1. The van der Waals surface area contributed by atoms with Crippen molar-refractivity contribution in [2.75, 3.05) is 5.75 Å². The van der Waals surface area contributed by atoms with E-state index >= 15 is 0 Å². The Morgan fingerprint density at radius 2 is 1.82 bits per heavy atom. The molecule has 0 unspecified atom stereocenters. The molecule has 2 aromatic rings. The molecule has 28 heavy (non-hydrogen) atoms. The number of ether oxygens (including phenoxy) is 1. The molecule has 2 aromatic carbocycles. The van der Waals surface area contributed by atoms with Crippen LogP contribution in [0.2, 0.25) is 5.02 Å². The van der Waals surface area contributed by atoms with Crippen LogP contribution in [0.1, 0.15) is 19.4 Å². The molecule has 0 aliphatic heterocycles. The minimum atomic E-state index is -4.65. The lowest BCUT2D eigenvalue weighted by atomic mass is 10.0. The van der Waals surface area contributed by atoms with Gasteiger partial charge in [0.2, 0.25) is 0 Å². The fraction of sp³-hybridized carbons (Fsp3) is 0.278. The van der Waals surface area contributed by atoms with Crippen LogP contribution < -0.4 is 4.74 Å². The summed E-state index contributed by atoms with van der Waals surface area (Å²) in [6.07, 6.45) is -5.97.